The molecule has 0 radical (unpaired) electrons. The first kappa shape index (κ1) is 16.5. The largest absolute Gasteiger partial charge is 0.492 e. The van der Waals surface area contributed by atoms with Gasteiger partial charge in [0.2, 0.25) is 0 Å². The number of benzene rings is 2. The molecule has 0 heterocycles. The minimum absolute atomic E-state index is 0.326. The third-order valence-corrected chi connectivity index (χ3v) is 3.43. The van der Waals surface area contributed by atoms with Crippen LogP contribution in [0.1, 0.15) is 23.6 Å². The molecule has 0 aliphatic heterocycles. The van der Waals surface area contributed by atoms with Crippen LogP contribution in [0.4, 0.5) is 0 Å². The van der Waals surface area contributed by atoms with Gasteiger partial charge in [0.25, 0.3) is 0 Å². The minimum Gasteiger partial charge on any atom is -0.492 e. The first-order valence-corrected chi connectivity index (χ1v) is 7.80. The molecule has 118 valence electrons. The van der Waals surface area contributed by atoms with E-state index in [2.05, 4.69) is 48.6 Å². The van der Waals surface area contributed by atoms with Crippen LogP contribution < -0.4 is 10.1 Å². The Hall–Kier alpha value is -1.84. The van der Waals surface area contributed by atoms with Crippen molar-refractivity contribution in [2.24, 2.45) is 0 Å². The zero-order chi connectivity index (χ0) is 15.8. The van der Waals surface area contributed by atoms with E-state index in [9.17, 15) is 5.11 Å². The summed E-state index contributed by atoms with van der Waals surface area (Å²) in [6.07, 6.45) is 0.548. The van der Waals surface area contributed by atoms with Crippen molar-refractivity contribution < 1.29 is 9.84 Å². The van der Waals surface area contributed by atoms with Crippen molar-refractivity contribution in [2.45, 2.75) is 26.4 Å². The van der Waals surface area contributed by atoms with E-state index in [1.807, 2.05) is 12.1 Å². The number of ether oxygens (including phenoxy) is 1. The number of hydrogen-bond acceptors (Lipinski definition) is 3. The van der Waals surface area contributed by atoms with Crippen molar-refractivity contribution in [3.63, 3.8) is 0 Å². The molecule has 3 heteroatoms. The van der Waals surface area contributed by atoms with E-state index in [1.165, 1.54) is 16.7 Å². The molecule has 22 heavy (non-hydrogen) atoms. The molecule has 0 saturated carbocycles. The van der Waals surface area contributed by atoms with Gasteiger partial charge in [-0.25, -0.2) is 0 Å². The highest BCUT2D eigenvalue weighted by Crippen LogP contribution is 2.23. The highest BCUT2D eigenvalue weighted by molar-refractivity contribution is 5.40. The molecule has 2 aromatic rings. The Labute approximate surface area is 133 Å². The lowest BCUT2D eigenvalue weighted by Crippen LogP contribution is -2.28. The lowest BCUT2D eigenvalue weighted by atomic mass is 10.0. The number of hydrogen-bond donors (Lipinski definition) is 2. The summed E-state index contributed by atoms with van der Waals surface area (Å²) < 4.78 is 5.90. The first-order chi connectivity index (χ1) is 10.6. The normalized spacial score (nSPS) is 12.1. The quantitative estimate of drug-likeness (QED) is 0.736. The van der Waals surface area contributed by atoms with Crippen LogP contribution in [0, 0.1) is 6.92 Å². The highest BCUT2D eigenvalue weighted by Gasteiger charge is 2.05. The highest BCUT2D eigenvalue weighted by atomic mass is 16.5. The second-order valence-corrected chi connectivity index (χ2v) is 5.68. The molecule has 0 bridgehead atoms. The van der Waals surface area contributed by atoms with Gasteiger partial charge in [0, 0.05) is 19.5 Å². The Morgan fingerprint density at radius 1 is 1.14 bits per heavy atom. The van der Waals surface area contributed by atoms with Crippen LogP contribution in [0.25, 0.3) is 0 Å². The van der Waals surface area contributed by atoms with E-state index in [1.54, 1.807) is 6.92 Å². The predicted octanol–water partition coefficient (Wildman–Crippen LogP) is 2.94. The maximum atomic E-state index is 9.20. The summed E-state index contributed by atoms with van der Waals surface area (Å²) in [6.45, 7) is 5.78. The molecule has 0 spiro atoms. The minimum atomic E-state index is -0.326. The average Bonchev–Trinajstić information content (AvgIpc) is 2.49. The van der Waals surface area contributed by atoms with Gasteiger partial charge in [-0.15, -0.1) is 0 Å². The van der Waals surface area contributed by atoms with E-state index in [4.69, 9.17) is 4.74 Å². The molecule has 2 rings (SSSR count). The van der Waals surface area contributed by atoms with Gasteiger partial charge >= 0.3 is 0 Å². The molecule has 0 aliphatic rings. The van der Waals surface area contributed by atoms with Crippen LogP contribution in [-0.2, 0) is 6.42 Å². The van der Waals surface area contributed by atoms with E-state index < -0.39 is 0 Å². The summed E-state index contributed by atoms with van der Waals surface area (Å²) in [5, 5.41) is 12.4. The number of aryl methyl sites for hydroxylation is 1. The predicted molar refractivity (Wildman–Crippen MR) is 90.5 cm³/mol. The molecule has 0 saturated heterocycles. The maximum Gasteiger partial charge on any atom is 0.122 e. The molecule has 1 atom stereocenters. The van der Waals surface area contributed by atoms with Crippen molar-refractivity contribution >= 4 is 0 Å². The fraction of sp³-hybridized carbons (Fsp3) is 0.368. The average molecular weight is 299 g/mol. The Morgan fingerprint density at radius 2 is 1.91 bits per heavy atom. The summed E-state index contributed by atoms with van der Waals surface area (Å²) in [6, 6.07) is 16.7. The fourth-order valence-electron chi connectivity index (χ4n) is 2.35. The molecule has 0 aromatic heterocycles. The SMILES string of the molecule is Cc1ccc(OCCNCC(C)O)c(Cc2ccccc2)c1. The van der Waals surface area contributed by atoms with Gasteiger partial charge < -0.3 is 15.2 Å². The Bertz CT molecular complexity index is 567. The van der Waals surface area contributed by atoms with Gasteiger partial charge in [-0.2, -0.15) is 0 Å². The summed E-state index contributed by atoms with van der Waals surface area (Å²) in [5.74, 6) is 0.938. The molecule has 0 fully saturated rings. The van der Waals surface area contributed by atoms with Crippen LogP contribution in [0.2, 0.25) is 0 Å². The summed E-state index contributed by atoms with van der Waals surface area (Å²) in [7, 11) is 0. The molecular weight excluding hydrogens is 274 g/mol. The molecule has 2 aromatic carbocycles. The molecule has 3 nitrogen and oxygen atoms in total. The zero-order valence-electron chi connectivity index (χ0n) is 13.4. The van der Waals surface area contributed by atoms with Crippen molar-refractivity contribution in [3.05, 3.63) is 65.2 Å². The third-order valence-electron chi connectivity index (χ3n) is 3.43. The smallest absolute Gasteiger partial charge is 0.122 e. The van der Waals surface area contributed by atoms with Gasteiger partial charge in [-0.05, 0) is 31.0 Å². The summed E-state index contributed by atoms with van der Waals surface area (Å²) in [4.78, 5) is 0. The Morgan fingerprint density at radius 3 is 2.64 bits per heavy atom. The van der Waals surface area contributed by atoms with Gasteiger partial charge in [-0.1, -0.05) is 48.0 Å². The van der Waals surface area contributed by atoms with Crippen molar-refractivity contribution in [1.29, 1.82) is 0 Å². The van der Waals surface area contributed by atoms with Gasteiger partial charge in [0.15, 0.2) is 0 Å². The van der Waals surface area contributed by atoms with Crippen LogP contribution in [0.15, 0.2) is 48.5 Å². The van der Waals surface area contributed by atoms with Gasteiger partial charge in [0.1, 0.15) is 12.4 Å². The fourth-order valence-corrected chi connectivity index (χ4v) is 2.35. The topological polar surface area (TPSA) is 41.5 Å². The number of aliphatic hydroxyl groups excluding tert-OH is 1. The van der Waals surface area contributed by atoms with E-state index in [-0.39, 0.29) is 6.10 Å². The standard InChI is InChI=1S/C19H25NO2/c1-15-8-9-19(22-11-10-20-14-16(2)21)18(12-15)13-17-6-4-3-5-7-17/h3-9,12,16,20-21H,10-11,13-14H2,1-2H3. The molecule has 0 aliphatic carbocycles. The van der Waals surface area contributed by atoms with Gasteiger partial charge in [-0.3, -0.25) is 0 Å². The van der Waals surface area contributed by atoms with Crippen LogP contribution >= 0.6 is 0 Å². The van der Waals surface area contributed by atoms with E-state index in [0.29, 0.717) is 13.2 Å². The number of nitrogens with one attached hydrogen (secondary N) is 1. The van der Waals surface area contributed by atoms with E-state index in [0.717, 1.165) is 18.7 Å². The Kier molecular flexibility index (Phi) is 6.44. The molecule has 1 unspecified atom stereocenters. The molecule has 2 N–H and O–H groups in total. The zero-order valence-corrected chi connectivity index (χ0v) is 13.4. The summed E-state index contributed by atoms with van der Waals surface area (Å²) >= 11 is 0. The van der Waals surface area contributed by atoms with Crippen molar-refractivity contribution in [2.75, 3.05) is 19.7 Å². The monoisotopic (exact) mass is 299 g/mol. The third kappa shape index (κ3) is 5.51. The molecule has 0 amide bonds. The number of rotatable bonds is 8. The van der Waals surface area contributed by atoms with Crippen LogP contribution in [0.5, 0.6) is 5.75 Å². The second-order valence-electron chi connectivity index (χ2n) is 5.68. The molecular formula is C19H25NO2. The van der Waals surface area contributed by atoms with Crippen molar-refractivity contribution in [1.82, 2.24) is 5.32 Å². The number of aliphatic hydroxyl groups is 1. The van der Waals surface area contributed by atoms with E-state index >= 15 is 0 Å². The first-order valence-electron chi connectivity index (χ1n) is 7.80. The lowest BCUT2D eigenvalue weighted by Gasteiger charge is -2.13. The lowest BCUT2D eigenvalue weighted by molar-refractivity contribution is 0.188. The van der Waals surface area contributed by atoms with Gasteiger partial charge in [0.05, 0.1) is 6.10 Å². The maximum absolute atomic E-state index is 9.20. The second kappa shape index (κ2) is 8.57. The van der Waals surface area contributed by atoms with Crippen LogP contribution in [-0.4, -0.2) is 30.9 Å². The summed E-state index contributed by atoms with van der Waals surface area (Å²) in [5.41, 5.74) is 3.73. The Balaban J connectivity index is 1.95. The van der Waals surface area contributed by atoms with Crippen LogP contribution in [0.3, 0.4) is 0 Å². The van der Waals surface area contributed by atoms with Crippen molar-refractivity contribution in [3.8, 4) is 5.75 Å².